The van der Waals surface area contributed by atoms with Gasteiger partial charge in [0.15, 0.2) is 10.8 Å². The molecule has 3 heterocycles. The van der Waals surface area contributed by atoms with Gasteiger partial charge in [0, 0.05) is 26.4 Å². The van der Waals surface area contributed by atoms with E-state index in [9.17, 15) is 4.79 Å². The summed E-state index contributed by atoms with van der Waals surface area (Å²) in [6.07, 6.45) is 1.74. The van der Waals surface area contributed by atoms with E-state index < -0.39 is 0 Å². The van der Waals surface area contributed by atoms with Gasteiger partial charge in [0.1, 0.15) is 5.65 Å². The number of nitrogens with one attached hydrogen (secondary N) is 2. The van der Waals surface area contributed by atoms with Crippen LogP contribution >= 0.6 is 11.6 Å². The van der Waals surface area contributed by atoms with E-state index in [1.807, 2.05) is 12.1 Å². The molecule has 0 aromatic carbocycles. The number of hydrogen-bond donors (Lipinski definition) is 2. The summed E-state index contributed by atoms with van der Waals surface area (Å²) in [7, 11) is 1.64. The van der Waals surface area contributed by atoms with Gasteiger partial charge in [0.05, 0.1) is 12.1 Å². The largest absolute Gasteiger partial charge is 0.378 e. The van der Waals surface area contributed by atoms with E-state index in [-0.39, 0.29) is 23.2 Å². The molecule has 1 fully saturated rings. The first-order valence-corrected chi connectivity index (χ1v) is 6.75. The topological polar surface area (TPSA) is 67.7 Å². The van der Waals surface area contributed by atoms with E-state index in [1.165, 1.54) is 0 Å². The first kappa shape index (κ1) is 13.4. The Bertz CT molecular complexity index is 642. The SMILES string of the molecule is CO[C@H]1CNC[C@H]1NC(=O)c1c(Cl)nc2ccccn12. The molecule has 7 heteroatoms. The molecule has 0 bridgehead atoms. The van der Waals surface area contributed by atoms with Gasteiger partial charge in [-0.05, 0) is 12.1 Å². The molecule has 2 aromatic heterocycles. The van der Waals surface area contributed by atoms with Crippen molar-refractivity contribution in [1.82, 2.24) is 20.0 Å². The van der Waals surface area contributed by atoms with E-state index in [1.54, 1.807) is 23.8 Å². The van der Waals surface area contributed by atoms with Crippen LogP contribution in [0.3, 0.4) is 0 Å². The summed E-state index contributed by atoms with van der Waals surface area (Å²) in [5.41, 5.74) is 1.000. The van der Waals surface area contributed by atoms with E-state index in [2.05, 4.69) is 15.6 Å². The molecule has 0 unspecified atom stereocenters. The maximum atomic E-state index is 12.4. The van der Waals surface area contributed by atoms with Crippen LogP contribution in [0.25, 0.3) is 5.65 Å². The number of ether oxygens (including phenoxy) is 1. The predicted octanol–water partition coefficient (Wildman–Crippen LogP) is 0.704. The van der Waals surface area contributed by atoms with Crippen LogP contribution in [-0.2, 0) is 4.74 Å². The molecular weight excluding hydrogens is 280 g/mol. The van der Waals surface area contributed by atoms with Crippen LogP contribution in [0.2, 0.25) is 5.15 Å². The average molecular weight is 295 g/mol. The fourth-order valence-electron chi connectivity index (χ4n) is 2.45. The third kappa shape index (κ3) is 2.26. The molecule has 106 valence electrons. The average Bonchev–Trinajstić information content (AvgIpc) is 3.01. The molecule has 3 rings (SSSR count). The third-order valence-corrected chi connectivity index (χ3v) is 3.74. The fraction of sp³-hybridized carbons (Fsp3) is 0.385. The summed E-state index contributed by atoms with van der Waals surface area (Å²) in [6.45, 7) is 1.40. The van der Waals surface area contributed by atoms with Crippen molar-refractivity contribution < 1.29 is 9.53 Å². The van der Waals surface area contributed by atoms with Crippen LogP contribution < -0.4 is 10.6 Å². The summed E-state index contributed by atoms with van der Waals surface area (Å²) in [6, 6.07) is 5.41. The number of nitrogens with zero attached hydrogens (tertiary/aromatic N) is 2. The van der Waals surface area contributed by atoms with Crippen LogP contribution in [0.4, 0.5) is 0 Å². The molecule has 1 amide bonds. The molecule has 1 saturated heterocycles. The highest BCUT2D eigenvalue weighted by Crippen LogP contribution is 2.18. The summed E-state index contributed by atoms with van der Waals surface area (Å²) >= 11 is 6.08. The Morgan fingerprint density at radius 1 is 1.55 bits per heavy atom. The number of amides is 1. The van der Waals surface area contributed by atoms with Gasteiger partial charge in [-0.3, -0.25) is 9.20 Å². The Balaban J connectivity index is 1.87. The fourth-order valence-corrected chi connectivity index (χ4v) is 2.72. The molecule has 2 N–H and O–H groups in total. The molecule has 20 heavy (non-hydrogen) atoms. The van der Waals surface area contributed by atoms with Crippen LogP contribution in [0.1, 0.15) is 10.5 Å². The number of carbonyl (C=O) groups excluding carboxylic acids is 1. The standard InChI is InChI=1S/C13H15ClN4O2/c1-20-9-7-15-6-8(9)16-13(19)11-12(14)17-10-4-2-3-5-18(10)11/h2-5,8-9,15H,6-7H2,1H3,(H,16,19)/t8-,9+/m1/s1. The molecule has 0 aliphatic carbocycles. The van der Waals surface area contributed by atoms with Gasteiger partial charge in [0.2, 0.25) is 0 Å². The highest BCUT2D eigenvalue weighted by atomic mass is 35.5. The Hall–Kier alpha value is -1.63. The summed E-state index contributed by atoms with van der Waals surface area (Å²) in [5.74, 6) is -0.246. The second kappa shape index (κ2) is 5.40. The number of rotatable bonds is 3. The van der Waals surface area contributed by atoms with Gasteiger partial charge < -0.3 is 15.4 Å². The quantitative estimate of drug-likeness (QED) is 0.875. The number of imidazole rings is 1. The Morgan fingerprint density at radius 3 is 3.20 bits per heavy atom. The normalized spacial score (nSPS) is 22.3. The molecule has 0 radical (unpaired) electrons. The molecule has 2 aromatic rings. The van der Waals surface area contributed by atoms with Crippen LogP contribution in [0.5, 0.6) is 0 Å². The molecule has 0 saturated carbocycles. The third-order valence-electron chi connectivity index (χ3n) is 3.48. The second-order valence-corrected chi connectivity index (χ2v) is 5.05. The van der Waals surface area contributed by atoms with Gasteiger partial charge >= 0.3 is 0 Å². The molecule has 0 spiro atoms. The number of halogens is 1. The molecular formula is C13H15ClN4O2. The Morgan fingerprint density at radius 2 is 2.40 bits per heavy atom. The zero-order valence-corrected chi connectivity index (χ0v) is 11.7. The number of hydrogen-bond acceptors (Lipinski definition) is 4. The molecule has 1 aliphatic heterocycles. The minimum absolute atomic E-state index is 0.0306. The second-order valence-electron chi connectivity index (χ2n) is 4.69. The predicted molar refractivity (Wildman–Crippen MR) is 75.1 cm³/mol. The van der Waals surface area contributed by atoms with Crippen molar-refractivity contribution in [2.75, 3.05) is 20.2 Å². The van der Waals surface area contributed by atoms with Crippen molar-refractivity contribution in [3.05, 3.63) is 35.2 Å². The van der Waals surface area contributed by atoms with Crippen LogP contribution in [0, 0.1) is 0 Å². The Labute approximate surface area is 121 Å². The molecule has 6 nitrogen and oxygen atoms in total. The van der Waals surface area contributed by atoms with Gasteiger partial charge in [0.25, 0.3) is 5.91 Å². The smallest absolute Gasteiger partial charge is 0.271 e. The summed E-state index contributed by atoms with van der Waals surface area (Å²) in [5, 5.41) is 6.33. The number of carbonyl (C=O) groups is 1. The number of aromatic nitrogens is 2. The number of methoxy groups -OCH3 is 1. The lowest BCUT2D eigenvalue weighted by Gasteiger charge is -2.18. The first-order valence-electron chi connectivity index (χ1n) is 6.37. The van der Waals surface area contributed by atoms with Crippen molar-refractivity contribution in [3.63, 3.8) is 0 Å². The van der Waals surface area contributed by atoms with Gasteiger partial charge in [-0.25, -0.2) is 4.98 Å². The van der Waals surface area contributed by atoms with Crippen molar-refractivity contribution in [3.8, 4) is 0 Å². The minimum Gasteiger partial charge on any atom is -0.378 e. The first-order chi connectivity index (χ1) is 9.70. The van der Waals surface area contributed by atoms with Gasteiger partial charge in [-0.1, -0.05) is 17.7 Å². The number of pyridine rings is 1. The highest BCUT2D eigenvalue weighted by molar-refractivity contribution is 6.32. The van der Waals surface area contributed by atoms with Gasteiger partial charge in [-0.2, -0.15) is 0 Å². The lowest BCUT2D eigenvalue weighted by Crippen LogP contribution is -2.44. The maximum Gasteiger partial charge on any atom is 0.271 e. The minimum atomic E-state index is -0.246. The molecule has 2 atom stereocenters. The van der Waals surface area contributed by atoms with Crippen molar-refractivity contribution in [2.24, 2.45) is 0 Å². The molecule has 1 aliphatic rings. The lowest BCUT2D eigenvalue weighted by atomic mass is 10.2. The lowest BCUT2D eigenvalue weighted by molar-refractivity contribution is 0.0776. The summed E-state index contributed by atoms with van der Waals surface area (Å²) in [4.78, 5) is 16.6. The zero-order valence-electron chi connectivity index (χ0n) is 11.0. The van der Waals surface area contributed by atoms with E-state index >= 15 is 0 Å². The monoisotopic (exact) mass is 294 g/mol. The summed E-state index contributed by atoms with van der Waals surface area (Å²) < 4.78 is 7.01. The highest BCUT2D eigenvalue weighted by Gasteiger charge is 2.30. The zero-order chi connectivity index (χ0) is 14.1. The van der Waals surface area contributed by atoms with E-state index in [4.69, 9.17) is 16.3 Å². The van der Waals surface area contributed by atoms with Gasteiger partial charge in [-0.15, -0.1) is 0 Å². The van der Waals surface area contributed by atoms with Crippen molar-refractivity contribution in [2.45, 2.75) is 12.1 Å². The maximum absolute atomic E-state index is 12.4. The Kier molecular flexibility index (Phi) is 3.60. The van der Waals surface area contributed by atoms with Crippen molar-refractivity contribution >= 4 is 23.2 Å². The van der Waals surface area contributed by atoms with Crippen LogP contribution in [0.15, 0.2) is 24.4 Å². The van der Waals surface area contributed by atoms with Crippen LogP contribution in [-0.4, -0.2) is 47.6 Å². The van der Waals surface area contributed by atoms with E-state index in [0.717, 1.165) is 6.54 Å². The van der Waals surface area contributed by atoms with Crippen molar-refractivity contribution in [1.29, 1.82) is 0 Å². The number of fused-ring (bicyclic) bond motifs is 1. The van der Waals surface area contributed by atoms with E-state index in [0.29, 0.717) is 17.9 Å².